The summed E-state index contributed by atoms with van der Waals surface area (Å²) in [5, 5.41) is 3.16. The van der Waals surface area contributed by atoms with Crippen LogP contribution >= 0.6 is 0 Å². The smallest absolute Gasteiger partial charge is 0.251 e. The second kappa shape index (κ2) is 6.61. The zero-order chi connectivity index (χ0) is 14.7. The first-order valence-corrected chi connectivity index (χ1v) is 8.33. The molecule has 0 spiro atoms. The van der Waals surface area contributed by atoms with E-state index in [1.807, 2.05) is 31.2 Å². The van der Waals surface area contributed by atoms with E-state index in [-0.39, 0.29) is 5.91 Å². The molecule has 1 N–H and O–H groups in total. The molecular formula is C18H26N2O. The number of hydrogen-bond acceptors (Lipinski definition) is 2. The summed E-state index contributed by atoms with van der Waals surface area (Å²) in [6.45, 7) is 5.38. The largest absolute Gasteiger partial charge is 0.352 e. The average molecular weight is 286 g/mol. The fraction of sp³-hybridized carbons (Fsp3) is 0.611. The Hall–Kier alpha value is -1.35. The second-order valence-electron chi connectivity index (χ2n) is 6.58. The van der Waals surface area contributed by atoms with E-state index in [4.69, 9.17) is 0 Å². The Morgan fingerprint density at radius 1 is 1.14 bits per heavy atom. The molecule has 1 aromatic carbocycles. The van der Waals surface area contributed by atoms with Crippen LogP contribution in [0.25, 0.3) is 0 Å². The number of benzene rings is 1. The van der Waals surface area contributed by atoms with Crippen molar-refractivity contribution in [2.75, 3.05) is 19.6 Å². The molecule has 2 heterocycles. The van der Waals surface area contributed by atoms with E-state index < -0.39 is 0 Å². The van der Waals surface area contributed by atoms with E-state index in [9.17, 15) is 4.79 Å². The molecule has 1 aromatic rings. The summed E-state index contributed by atoms with van der Waals surface area (Å²) in [6, 6.07) is 8.53. The lowest BCUT2D eigenvalue weighted by Gasteiger charge is -2.44. The van der Waals surface area contributed by atoms with Crippen LogP contribution in [0.3, 0.4) is 0 Å². The number of fused-ring (bicyclic) bond motifs is 1. The Kier molecular flexibility index (Phi) is 4.59. The normalized spacial score (nSPS) is 26.1. The molecule has 2 saturated heterocycles. The Morgan fingerprint density at radius 3 is 2.71 bits per heavy atom. The summed E-state index contributed by atoms with van der Waals surface area (Å²) in [4.78, 5) is 14.9. The Labute approximate surface area is 127 Å². The number of nitrogens with zero attached hydrogens (tertiary/aromatic N) is 1. The average Bonchev–Trinajstić information content (AvgIpc) is 2.53. The third-order valence-electron chi connectivity index (χ3n) is 5.07. The lowest BCUT2D eigenvalue weighted by atomic mass is 9.83. The summed E-state index contributed by atoms with van der Waals surface area (Å²) in [7, 11) is 0. The first kappa shape index (κ1) is 14.6. The highest BCUT2D eigenvalue weighted by molar-refractivity contribution is 5.94. The van der Waals surface area contributed by atoms with Crippen molar-refractivity contribution in [1.29, 1.82) is 0 Å². The van der Waals surface area contributed by atoms with Gasteiger partial charge in [0.25, 0.3) is 5.91 Å². The highest BCUT2D eigenvalue weighted by Gasteiger charge is 2.32. The maximum absolute atomic E-state index is 12.2. The van der Waals surface area contributed by atoms with E-state index in [0.29, 0.717) is 12.0 Å². The molecule has 21 heavy (non-hydrogen) atoms. The third kappa shape index (κ3) is 3.46. The van der Waals surface area contributed by atoms with Crippen LogP contribution in [0.4, 0.5) is 0 Å². The van der Waals surface area contributed by atoms with Gasteiger partial charge in [0.2, 0.25) is 0 Å². The minimum absolute atomic E-state index is 0.0722. The first-order chi connectivity index (χ1) is 10.2. The van der Waals surface area contributed by atoms with Gasteiger partial charge in [-0.05, 0) is 63.7 Å². The van der Waals surface area contributed by atoms with Crippen molar-refractivity contribution in [3.8, 4) is 0 Å². The monoisotopic (exact) mass is 286 g/mol. The molecule has 3 heteroatoms. The molecule has 2 fully saturated rings. The number of amides is 1. The SMILES string of the molecule is Cc1ccc(C(=O)NCC2CCCN3CCCCC23)cc1. The molecule has 1 amide bonds. The van der Waals surface area contributed by atoms with Crippen LogP contribution in [0.15, 0.2) is 24.3 Å². The Balaban J connectivity index is 1.56. The van der Waals surface area contributed by atoms with Gasteiger partial charge in [-0.25, -0.2) is 0 Å². The zero-order valence-corrected chi connectivity index (χ0v) is 13.0. The van der Waals surface area contributed by atoms with E-state index in [0.717, 1.165) is 12.1 Å². The highest BCUT2D eigenvalue weighted by Crippen LogP contribution is 2.30. The van der Waals surface area contributed by atoms with E-state index in [2.05, 4.69) is 10.2 Å². The maximum atomic E-state index is 12.2. The lowest BCUT2D eigenvalue weighted by molar-refractivity contribution is 0.0575. The Morgan fingerprint density at radius 2 is 1.90 bits per heavy atom. The molecule has 0 bridgehead atoms. The molecule has 114 valence electrons. The minimum atomic E-state index is 0.0722. The zero-order valence-electron chi connectivity index (χ0n) is 13.0. The first-order valence-electron chi connectivity index (χ1n) is 8.33. The molecule has 0 radical (unpaired) electrons. The number of rotatable bonds is 3. The summed E-state index contributed by atoms with van der Waals surface area (Å²) in [5.74, 6) is 0.705. The fourth-order valence-corrected chi connectivity index (χ4v) is 3.85. The van der Waals surface area contributed by atoms with Crippen LogP contribution in [-0.2, 0) is 0 Å². The van der Waals surface area contributed by atoms with Gasteiger partial charge in [0.1, 0.15) is 0 Å². The summed E-state index contributed by atoms with van der Waals surface area (Å²) in [6.07, 6.45) is 6.55. The molecule has 2 aliphatic heterocycles. The predicted molar refractivity (Wildman–Crippen MR) is 85.4 cm³/mol. The van der Waals surface area contributed by atoms with Crippen molar-refractivity contribution < 1.29 is 4.79 Å². The minimum Gasteiger partial charge on any atom is -0.352 e. The molecular weight excluding hydrogens is 260 g/mol. The van der Waals surface area contributed by atoms with Crippen molar-refractivity contribution >= 4 is 5.91 Å². The van der Waals surface area contributed by atoms with Crippen LogP contribution in [0.5, 0.6) is 0 Å². The van der Waals surface area contributed by atoms with Gasteiger partial charge >= 0.3 is 0 Å². The summed E-state index contributed by atoms with van der Waals surface area (Å²) >= 11 is 0. The van der Waals surface area contributed by atoms with Crippen LogP contribution < -0.4 is 5.32 Å². The molecule has 0 aromatic heterocycles. The van der Waals surface area contributed by atoms with Crippen molar-refractivity contribution in [2.45, 2.75) is 45.1 Å². The van der Waals surface area contributed by atoms with E-state index in [1.54, 1.807) is 0 Å². The third-order valence-corrected chi connectivity index (χ3v) is 5.07. The lowest BCUT2D eigenvalue weighted by Crippen LogP contribution is -2.51. The van der Waals surface area contributed by atoms with Gasteiger partial charge < -0.3 is 10.2 Å². The number of hydrogen-bond donors (Lipinski definition) is 1. The van der Waals surface area contributed by atoms with Gasteiger partial charge in [-0.2, -0.15) is 0 Å². The number of aryl methyl sites for hydroxylation is 1. The van der Waals surface area contributed by atoms with Crippen molar-refractivity contribution in [1.82, 2.24) is 10.2 Å². The molecule has 0 aliphatic carbocycles. The standard InChI is InChI=1S/C18H26N2O/c1-14-7-9-15(10-8-14)18(21)19-13-16-5-4-12-20-11-3-2-6-17(16)20/h7-10,16-17H,2-6,11-13H2,1H3,(H,19,21). The highest BCUT2D eigenvalue weighted by atomic mass is 16.1. The predicted octanol–water partition coefficient (Wildman–Crippen LogP) is 2.99. The van der Waals surface area contributed by atoms with E-state index >= 15 is 0 Å². The van der Waals surface area contributed by atoms with Crippen LogP contribution in [-0.4, -0.2) is 36.5 Å². The number of carbonyl (C=O) groups excluding carboxylic acids is 1. The topological polar surface area (TPSA) is 32.3 Å². The van der Waals surface area contributed by atoms with Crippen molar-refractivity contribution in [3.05, 3.63) is 35.4 Å². The van der Waals surface area contributed by atoms with Crippen molar-refractivity contribution in [2.24, 2.45) is 5.92 Å². The maximum Gasteiger partial charge on any atom is 0.251 e. The molecule has 0 saturated carbocycles. The van der Waals surface area contributed by atoms with E-state index in [1.165, 1.54) is 50.8 Å². The van der Waals surface area contributed by atoms with Gasteiger partial charge in [0, 0.05) is 18.2 Å². The van der Waals surface area contributed by atoms with Crippen LogP contribution in [0, 0.1) is 12.8 Å². The number of nitrogens with one attached hydrogen (secondary N) is 1. The molecule has 3 nitrogen and oxygen atoms in total. The van der Waals surface area contributed by atoms with Gasteiger partial charge in [-0.1, -0.05) is 24.1 Å². The quantitative estimate of drug-likeness (QED) is 0.926. The van der Waals surface area contributed by atoms with Gasteiger partial charge in [0.15, 0.2) is 0 Å². The molecule has 2 unspecified atom stereocenters. The number of piperidine rings is 2. The van der Waals surface area contributed by atoms with Gasteiger partial charge in [0.05, 0.1) is 0 Å². The summed E-state index contributed by atoms with van der Waals surface area (Å²) in [5.41, 5.74) is 1.97. The van der Waals surface area contributed by atoms with Crippen LogP contribution in [0.2, 0.25) is 0 Å². The van der Waals surface area contributed by atoms with Gasteiger partial charge in [-0.3, -0.25) is 4.79 Å². The van der Waals surface area contributed by atoms with Crippen LogP contribution in [0.1, 0.15) is 48.0 Å². The fourth-order valence-electron chi connectivity index (χ4n) is 3.85. The number of carbonyl (C=O) groups is 1. The van der Waals surface area contributed by atoms with Crippen molar-refractivity contribution in [3.63, 3.8) is 0 Å². The van der Waals surface area contributed by atoms with Gasteiger partial charge in [-0.15, -0.1) is 0 Å². The summed E-state index contributed by atoms with van der Waals surface area (Å²) < 4.78 is 0. The molecule has 2 atom stereocenters. The Bertz CT molecular complexity index is 480. The molecule has 3 rings (SSSR count). The molecule has 2 aliphatic rings. The second-order valence-corrected chi connectivity index (χ2v) is 6.58.